The third-order valence-corrected chi connectivity index (χ3v) is 4.91. The molecule has 10 heteroatoms. The van der Waals surface area contributed by atoms with Crippen molar-refractivity contribution in [2.24, 2.45) is 11.7 Å². The number of esters is 2. The highest BCUT2D eigenvalue weighted by Gasteiger charge is 2.53. The lowest BCUT2D eigenvalue weighted by Gasteiger charge is -2.38. The second kappa shape index (κ2) is 8.73. The van der Waals surface area contributed by atoms with Crippen molar-refractivity contribution in [2.45, 2.75) is 63.6 Å². The predicted molar refractivity (Wildman–Crippen MR) is 104 cm³/mol. The molecule has 2 rings (SSSR count). The Morgan fingerprint density at radius 2 is 1.66 bits per heavy atom. The Balaban J connectivity index is 2.06. The molecule has 1 atom stereocenters. The van der Waals surface area contributed by atoms with Gasteiger partial charge in [-0.3, -0.25) is 4.79 Å². The molecule has 1 aromatic rings. The maximum absolute atomic E-state index is 12.7. The van der Waals surface area contributed by atoms with Crippen molar-refractivity contribution in [1.29, 1.82) is 0 Å². The van der Waals surface area contributed by atoms with Crippen LogP contribution in [0.2, 0.25) is 0 Å². The van der Waals surface area contributed by atoms with E-state index in [0.717, 1.165) is 0 Å². The first-order valence-corrected chi connectivity index (χ1v) is 9.47. The van der Waals surface area contributed by atoms with Crippen LogP contribution >= 0.6 is 0 Å². The molecular formula is C19H29N5O5. The number of anilines is 1. The predicted octanol–water partition coefficient (Wildman–Crippen LogP) is 0.560. The molecule has 0 bridgehead atoms. The summed E-state index contributed by atoms with van der Waals surface area (Å²) in [4.78, 5) is 45.3. The van der Waals surface area contributed by atoms with Crippen LogP contribution in [-0.4, -0.2) is 52.1 Å². The lowest BCUT2D eigenvalue weighted by atomic mass is 9.73. The molecule has 1 aromatic heterocycles. The van der Waals surface area contributed by atoms with Gasteiger partial charge in [-0.25, -0.2) is 19.6 Å². The van der Waals surface area contributed by atoms with Crippen LogP contribution in [0.15, 0.2) is 12.4 Å². The molecule has 0 aromatic carbocycles. The summed E-state index contributed by atoms with van der Waals surface area (Å²) < 4.78 is 10.2. The summed E-state index contributed by atoms with van der Waals surface area (Å²) in [5, 5.41) is 2.86. The summed E-state index contributed by atoms with van der Waals surface area (Å²) >= 11 is 0. The van der Waals surface area contributed by atoms with Crippen molar-refractivity contribution in [3.05, 3.63) is 18.1 Å². The van der Waals surface area contributed by atoms with E-state index < -0.39 is 34.9 Å². The number of carbonyl (C=O) groups is 3. The van der Waals surface area contributed by atoms with Crippen LogP contribution < -0.4 is 16.8 Å². The molecule has 1 heterocycles. The van der Waals surface area contributed by atoms with Gasteiger partial charge in [-0.15, -0.1) is 0 Å². The number of nitrogen functional groups attached to an aromatic ring is 1. The number of amides is 1. The molecule has 10 nitrogen and oxygen atoms in total. The van der Waals surface area contributed by atoms with Gasteiger partial charge in [-0.05, 0) is 52.4 Å². The molecule has 0 saturated heterocycles. The summed E-state index contributed by atoms with van der Waals surface area (Å²) in [5.74, 6) is -2.48. The fourth-order valence-corrected chi connectivity index (χ4v) is 3.42. The van der Waals surface area contributed by atoms with E-state index in [1.165, 1.54) is 19.5 Å². The quantitative estimate of drug-likeness (QED) is 0.468. The third-order valence-electron chi connectivity index (χ3n) is 4.91. The van der Waals surface area contributed by atoms with Gasteiger partial charge in [0, 0.05) is 18.4 Å². The molecule has 0 radical (unpaired) electrons. The Bertz CT molecular complexity index is 770. The second-order valence-electron chi connectivity index (χ2n) is 8.17. The van der Waals surface area contributed by atoms with Gasteiger partial charge in [-0.1, -0.05) is 0 Å². The molecule has 1 saturated carbocycles. The SMILES string of the molecule is COC(=O)[C@](N)(C(=O)OC(C)(C)C)[C@H]1CC[C@H](NC(=O)c2nccnc2N)CC1. The van der Waals surface area contributed by atoms with E-state index in [9.17, 15) is 14.4 Å². The lowest BCUT2D eigenvalue weighted by Crippen LogP contribution is -2.63. The largest absolute Gasteiger partial charge is 0.467 e. The molecule has 160 valence electrons. The summed E-state index contributed by atoms with van der Waals surface area (Å²) in [7, 11) is 1.19. The van der Waals surface area contributed by atoms with E-state index in [1.54, 1.807) is 20.8 Å². The first-order valence-electron chi connectivity index (χ1n) is 9.47. The molecular weight excluding hydrogens is 378 g/mol. The second-order valence-corrected chi connectivity index (χ2v) is 8.17. The van der Waals surface area contributed by atoms with Crippen molar-refractivity contribution in [3.8, 4) is 0 Å². The maximum atomic E-state index is 12.7. The average molecular weight is 407 g/mol. The molecule has 5 N–H and O–H groups in total. The molecule has 1 fully saturated rings. The lowest BCUT2D eigenvalue weighted by molar-refractivity contribution is -0.174. The summed E-state index contributed by atoms with van der Waals surface area (Å²) in [6.07, 6.45) is 4.71. The maximum Gasteiger partial charge on any atom is 0.338 e. The first-order chi connectivity index (χ1) is 13.5. The number of nitrogens with zero attached hydrogens (tertiary/aromatic N) is 2. The zero-order valence-corrected chi connectivity index (χ0v) is 17.2. The zero-order chi connectivity index (χ0) is 21.8. The smallest absolute Gasteiger partial charge is 0.338 e. The van der Waals surface area contributed by atoms with Crippen molar-refractivity contribution in [2.75, 3.05) is 12.8 Å². The van der Waals surface area contributed by atoms with Crippen LogP contribution in [0, 0.1) is 5.92 Å². The van der Waals surface area contributed by atoms with Crippen molar-refractivity contribution < 1.29 is 23.9 Å². The number of nitrogens with one attached hydrogen (secondary N) is 1. The minimum Gasteiger partial charge on any atom is -0.467 e. The Kier molecular flexibility index (Phi) is 6.78. The molecule has 0 aliphatic heterocycles. The van der Waals surface area contributed by atoms with Gasteiger partial charge in [0.05, 0.1) is 7.11 Å². The standard InChI is InChI=1S/C19H29N5O5/c1-18(2,3)29-17(27)19(21,16(26)28-4)11-5-7-12(8-6-11)24-15(25)13-14(20)23-10-9-22-13/h9-12H,5-8,21H2,1-4H3,(H2,20,23)(H,24,25)/t11-,12-,19-/m0/s1. The van der Waals surface area contributed by atoms with E-state index >= 15 is 0 Å². The van der Waals surface area contributed by atoms with Crippen molar-refractivity contribution in [1.82, 2.24) is 15.3 Å². The van der Waals surface area contributed by atoms with Gasteiger partial charge in [0.15, 0.2) is 11.5 Å². The molecule has 0 spiro atoms. The number of ether oxygens (including phenoxy) is 2. The fourth-order valence-electron chi connectivity index (χ4n) is 3.42. The number of carbonyl (C=O) groups excluding carboxylic acids is 3. The number of rotatable bonds is 5. The van der Waals surface area contributed by atoms with Crippen LogP contribution in [0.5, 0.6) is 0 Å². The number of aromatic nitrogens is 2. The number of methoxy groups -OCH3 is 1. The van der Waals surface area contributed by atoms with Gasteiger partial charge >= 0.3 is 11.9 Å². The highest BCUT2D eigenvalue weighted by molar-refractivity contribution is 6.05. The Labute approximate surface area is 169 Å². The summed E-state index contributed by atoms with van der Waals surface area (Å²) in [5.41, 5.74) is 9.32. The Hall–Kier alpha value is -2.75. The van der Waals surface area contributed by atoms with Gasteiger partial charge in [0.2, 0.25) is 5.54 Å². The van der Waals surface area contributed by atoms with Gasteiger partial charge in [0.1, 0.15) is 5.60 Å². The van der Waals surface area contributed by atoms with Crippen LogP contribution in [-0.2, 0) is 19.1 Å². The molecule has 1 aliphatic carbocycles. The van der Waals surface area contributed by atoms with Gasteiger partial charge in [-0.2, -0.15) is 0 Å². The van der Waals surface area contributed by atoms with Crippen LogP contribution in [0.1, 0.15) is 56.9 Å². The number of hydrogen-bond donors (Lipinski definition) is 3. The molecule has 29 heavy (non-hydrogen) atoms. The van der Waals surface area contributed by atoms with E-state index in [0.29, 0.717) is 25.7 Å². The summed E-state index contributed by atoms with van der Waals surface area (Å²) in [6, 6.07) is -0.166. The molecule has 1 amide bonds. The topological polar surface area (TPSA) is 160 Å². The van der Waals surface area contributed by atoms with E-state index in [2.05, 4.69) is 15.3 Å². The van der Waals surface area contributed by atoms with Crippen molar-refractivity contribution >= 4 is 23.7 Å². The normalized spacial score (nSPS) is 21.6. The third kappa shape index (κ3) is 5.20. The summed E-state index contributed by atoms with van der Waals surface area (Å²) in [6.45, 7) is 5.10. The van der Waals surface area contributed by atoms with E-state index in [-0.39, 0.29) is 17.6 Å². The van der Waals surface area contributed by atoms with E-state index in [4.69, 9.17) is 20.9 Å². The fraction of sp³-hybridized carbons (Fsp3) is 0.632. The highest BCUT2D eigenvalue weighted by atomic mass is 16.6. The zero-order valence-electron chi connectivity index (χ0n) is 17.2. The number of nitrogens with two attached hydrogens (primary N) is 2. The minimum absolute atomic E-state index is 0.0512. The number of hydrogen-bond acceptors (Lipinski definition) is 9. The average Bonchev–Trinajstić information content (AvgIpc) is 2.66. The highest BCUT2D eigenvalue weighted by Crippen LogP contribution is 2.34. The molecule has 1 aliphatic rings. The van der Waals surface area contributed by atoms with Crippen LogP contribution in [0.4, 0.5) is 5.82 Å². The Morgan fingerprint density at radius 1 is 1.07 bits per heavy atom. The van der Waals surface area contributed by atoms with Crippen LogP contribution in [0.25, 0.3) is 0 Å². The monoisotopic (exact) mass is 407 g/mol. The Morgan fingerprint density at radius 3 is 2.17 bits per heavy atom. The first kappa shape index (κ1) is 22.5. The molecule has 0 unspecified atom stereocenters. The van der Waals surface area contributed by atoms with Crippen molar-refractivity contribution in [3.63, 3.8) is 0 Å². The van der Waals surface area contributed by atoms with Gasteiger partial charge < -0.3 is 26.3 Å². The van der Waals surface area contributed by atoms with Gasteiger partial charge in [0.25, 0.3) is 5.91 Å². The van der Waals surface area contributed by atoms with Crippen LogP contribution in [0.3, 0.4) is 0 Å². The minimum atomic E-state index is -1.90. The van der Waals surface area contributed by atoms with E-state index in [1.807, 2.05) is 0 Å².